The zero-order valence-corrected chi connectivity index (χ0v) is 16.3. The Morgan fingerprint density at radius 2 is 1.96 bits per heavy atom. The quantitative estimate of drug-likeness (QED) is 0.805. The Morgan fingerprint density at radius 1 is 1.23 bits per heavy atom. The molecule has 0 aliphatic carbocycles. The van der Waals surface area contributed by atoms with Crippen LogP contribution in [0.25, 0.3) is 11.1 Å². The number of carbonyl (C=O) groups is 1. The van der Waals surface area contributed by atoms with E-state index < -0.39 is 10.0 Å². The summed E-state index contributed by atoms with van der Waals surface area (Å²) >= 11 is 0. The Bertz CT molecular complexity index is 936. The van der Waals surface area contributed by atoms with Crippen molar-refractivity contribution in [1.29, 1.82) is 0 Å². The summed E-state index contributed by atoms with van der Waals surface area (Å²) in [7, 11) is -3.25. The molecule has 0 unspecified atom stereocenters. The molecule has 1 amide bonds. The van der Waals surface area contributed by atoms with Crippen molar-refractivity contribution in [1.82, 2.24) is 19.3 Å². The maximum absolute atomic E-state index is 13.2. The monoisotopic (exact) mass is 380 g/mol. The Hall–Kier alpha value is -2.00. The Balaban J connectivity index is 1.96. The first-order chi connectivity index (χ1) is 12.2. The highest BCUT2D eigenvalue weighted by atomic mass is 32.2. The highest BCUT2D eigenvalue weighted by molar-refractivity contribution is 7.88. The molecule has 1 saturated heterocycles. The largest absolute Gasteiger partial charge is 0.337 e. The van der Waals surface area contributed by atoms with E-state index in [1.165, 1.54) is 10.6 Å². The Morgan fingerprint density at radius 3 is 2.62 bits per heavy atom. The molecule has 0 N–H and O–H groups in total. The molecule has 0 atom stereocenters. The molecular formula is C17H24N4O4S. The highest BCUT2D eigenvalue weighted by Crippen LogP contribution is 2.26. The number of rotatable bonds is 3. The van der Waals surface area contributed by atoms with Crippen LogP contribution in [0.1, 0.15) is 47.9 Å². The number of amides is 1. The van der Waals surface area contributed by atoms with Gasteiger partial charge in [-0.2, -0.15) is 0 Å². The van der Waals surface area contributed by atoms with Crippen LogP contribution in [0.5, 0.6) is 0 Å². The first-order valence-electron chi connectivity index (χ1n) is 8.70. The molecule has 3 rings (SSSR count). The van der Waals surface area contributed by atoms with Crippen LogP contribution in [-0.4, -0.2) is 66.1 Å². The van der Waals surface area contributed by atoms with Gasteiger partial charge in [0.1, 0.15) is 0 Å². The lowest BCUT2D eigenvalue weighted by atomic mass is 10.0. The van der Waals surface area contributed by atoms with Gasteiger partial charge in [-0.25, -0.2) is 17.7 Å². The normalized spacial score (nSPS) is 17.0. The smallest absolute Gasteiger partial charge is 0.259 e. The number of hydrogen-bond donors (Lipinski definition) is 0. The van der Waals surface area contributed by atoms with Crippen molar-refractivity contribution in [2.45, 2.75) is 33.1 Å². The maximum atomic E-state index is 13.2. The standard InChI is InChI=1S/C17H24N4O4S/c1-11(2)14-10-13(15-12(3)19-25-16(15)18-14)17(22)20-6-5-7-21(9-8-20)26(4,23)24/h10-11H,5-9H2,1-4H3. The van der Waals surface area contributed by atoms with Crippen LogP contribution in [0.2, 0.25) is 0 Å². The van der Waals surface area contributed by atoms with Crippen LogP contribution in [0, 0.1) is 6.92 Å². The summed E-state index contributed by atoms with van der Waals surface area (Å²) in [6.45, 7) is 7.39. The molecule has 1 aliphatic heterocycles. The summed E-state index contributed by atoms with van der Waals surface area (Å²) in [5.74, 6) is 0.00201. The molecule has 2 aromatic rings. The number of carbonyl (C=O) groups excluding carboxylic acids is 1. The van der Waals surface area contributed by atoms with Gasteiger partial charge >= 0.3 is 0 Å². The fourth-order valence-electron chi connectivity index (χ4n) is 3.18. The molecule has 0 bridgehead atoms. The van der Waals surface area contributed by atoms with E-state index in [0.717, 1.165) is 5.69 Å². The zero-order valence-electron chi connectivity index (χ0n) is 15.5. The van der Waals surface area contributed by atoms with Crippen LogP contribution in [-0.2, 0) is 10.0 Å². The topological polar surface area (TPSA) is 96.6 Å². The molecule has 142 valence electrons. The van der Waals surface area contributed by atoms with Gasteiger partial charge in [0, 0.05) is 31.9 Å². The van der Waals surface area contributed by atoms with Crippen LogP contribution in [0.4, 0.5) is 0 Å². The van der Waals surface area contributed by atoms with Gasteiger partial charge in [-0.05, 0) is 25.3 Å². The predicted octanol–water partition coefficient (Wildman–Crippen LogP) is 1.76. The van der Waals surface area contributed by atoms with Crippen molar-refractivity contribution >= 4 is 27.0 Å². The average Bonchev–Trinajstić information content (AvgIpc) is 2.80. The van der Waals surface area contributed by atoms with Crippen LogP contribution in [0.15, 0.2) is 10.6 Å². The van der Waals surface area contributed by atoms with Gasteiger partial charge in [-0.3, -0.25) is 4.79 Å². The molecule has 3 heterocycles. The first kappa shape index (κ1) is 18.8. The molecule has 1 fully saturated rings. The average molecular weight is 380 g/mol. The van der Waals surface area contributed by atoms with Crippen molar-refractivity contribution in [2.24, 2.45) is 0 Å². The summed E-state index contributed by atoms with van der Waals surface area (Å²) in [4.78, 5) is 19.4. The van der Waals surface area contributed by atoms with E-state index in [1.54, 1.807) is 17.9 Å². The second kappa shape index (κ2) is 6.96. The molecular weight excluding hydrogens is 356 g/mol. The van der Waals surface area contributed by atoms with Crippen molar-refractivity contribution in [3.05, 3.63) is 23.0 Å². The van der Waals surface area contributed by atoms with Crippen molar-refractivity contribution < 1.29 is 17.7 Å². The minimum atomic E-state index is -3.25. The number of pyridine rings is 1. The van der Waals surface area contributed by atoms with Gasteiger partial charge in [0.05, 0.1) is 22.9 Å². The maximum Gasteiger partial charge on any atom is 0.259 e. The van der Waals surface area contributed by atoms with E-state index in [4.69, 9.17) is 4.52 Å². The molecule has 26 heavy (non-hydrogen) atoms. The summed E-state index contributed by atoms with van der Waals surface area (Å²) in [5, 5.41) is 4.58. The third-order valence-electron chi connectivity index (χ3n) is 4.67. The summed E-state index contributed by atoms with van der Waals surface area (Å²) in [6, 6.07) is 1.80. The van der Waals surface area contributed by atoms with Crippen LogP contribution >= 0.6 is 0 Å². The molecule has 1 aliphatic rings. The lowest BCUT2D eigenvalue weighted by Crippen LogP contribution is -2.37. The van der Waals surface area contributed by atoms with Gasteiger partial charge in [-0.15, -0.1) is 0 Å². The predicted molar refractivity (Wildman–Crippen MR) is 97.6 cm³/mol. The molecule has 0 spiro atoms. The third kappa shape index (κ3) is 3.59. The lowest BCUT2D eigenvalue weighted by molar-refractivity contribution is 0.0766. The Labute approximate surface area is 153 Å². The first-order valence-corrected chi connectivity index (χ1v) is 10.5. The van der Waals surface area contributed by atoms with Gasteiger partial charge in [0.2, 0.25) is 10.0 Å². The van der Waals surface area contributed by atoms with E-state index in [-0.39, 0.29) is 11.8 Å². The molecule has 8 nitrogen and oxygen atoms in total. The summed E-state index contributed by atoms with van der Waals surface area (Å²) < 4.78 is 30.3. The van der Waals surface area contributed by atoms with E-state index in [0.29, 0.717) is 55.0 Å². The fraction of sp³-hybridized carbons (Fsp3) is 0.588. The van der Waals surface area contributed by atoms with Crippen LogP contribution < -0.4 is 0 Å². The number of aryl methyl sites for hydroxylation is 1. The number of aromatic nitrogens is 2. The van der Waals surface area contributed by atoms with E-state index >= 15 is 0 Å². The molecule has 2 aromatic heterocycles. The van der Waals surface area contributed by atoms with E-state index in [1.807, 2.05) is 13.8 Å². The minimum Gasteiger partial charge on any atom is -0.337 e. The van der Waals surface area contributed by atoms with Crippen LogP contribution in [0.3, 0.4) is 0 Å². The molecule has 0 radical (unpaired) electrons. The SMILES string of the molecule is Cc1noc2nc(C(C)C)cc(C(=O)N3CCCN(S(C)(=O)=O)CC3)c12. The molecule has 0 saturated carbocycles. The van der Waals surface area contributed by atoms with Gasteiger partial charge < -0.3 is 9.42 Å². The van der Waals surface area contributed by atoms with E-state index in [9.17, 15) is 13.2 Å². The summed E-state index contributed by atoms with van der Waals surface area (Å²) in [6.07, 6.45) is 1.80. The second-order valence-corrected chi connectivity index (χ2v) is 8.99. The van der Waals surface area contributed by atoms with Crippen molar-refractivity contribution in [3.8, 4) is 0 Å². The lowest BCUT2D eigenvalue weighted by Gasteiger charge is -2.22. The van der Waals surface area contributed by atoms with Gasteiger partial charge in [0.15, 0.2) is 0 Å². The van der Waals surface area contributed by atoms with Crippen molar-refractivity contribution in [2.75, 3.05) is 32.4 Å². The second-order valence-electron chi connectivity index (χ2n) is 7.01. The number of nitrogens with zero attached hydrogens (tertiary/aromatic N) is 4. The zero-order chi connectivity index (χ0) is 19.1. The molecule has 9 heteroatoms. The van der Waals surface area contributed by atoms with Crippen molar-refractivity contribution in [3.63, 3.8) is 0 Å². The van der Waals surface area contributed by atoms with Gasteiger partial charge in [-0.1, -0.05) is 19.0 Å². The fourth-order valence-corrected chi connectivity index (χ4v) is 4.05. The Kier molecular flexibility index (Phi) is 5.03. The van der Waals surface area contributed by atoms with Gasteiger partial charge in [0.25, 0.3) is 11.6 Å². The number of hydrogen-bond acceptors (Lipinski definition) is 6. The minimum absolute atomic E-state index is 0.138. The number of fused-ring (bicyclic) bond motifs is 1. The molecule has 0 aromatic carbocycles. The highest BCUT2D eigenvalue weighted by Gasteiger charge is 2.27. The summed E-state index contributed by atoms with van der Waals surface area (Å²) in [5.41, 5.74) is 2.28. The van der Waals surface area contributed by atoms with E-state index in [2.05, 4.69) is 10.1 Å². The third-order valence-corrected chi connectivity index (χ3v) is 5.97. The number of sulfonamides is 1.